The van der Waals surface area contributed by atoms with Gasteiger partial charge in [0.15, 0.2) is 14.2 Å². The van der Waals surface area contributed by atoms with Gasteiger partial charge in [-0.2, -0.15) is 0 Å². The van der Waals surface area contributed by atoms with Crippen LogP contribution in [0.2, 0.25) is 0 Å². The summed E-state index contributed by atoms with van der Waals surface area (Å²) in [6, 6.07) is 15.7. The highest BCUT2D eigenvalue weighted by Gasteiger charge is 2.36. The normalized spacial score (nSPS) is 16.3. The second-order valence-corrected chi connectivity index (χ2v) is 12.1. The van der Waals surface area contributed by atoms with E-state index in [1.54, 1.807) is 28.8 Å². The Morgan fingerprint density at radius 2 is 1.88 bits per heavy atom. The predicted molar refractivity (Wildman–Crippen MR) is 128 cm³/mol. The quantitative estimate of drug-likeness (QED) is 0.383. The van der Waals surface area contributed by atoms with Crippen LogP contribution >= 0.6 is 34.9 Å². The van der Waals surface area contributed by atoms with Gasteiger partial charge >= 0.3 is 0 Å². The number of hydrogen-bond acceptors (Lipinski definition) is 9. The van der Waals surface area contributed by atoms with E-state index in [9.17, 15) is 18.0 Å². The molecule has 1 saturated heterocycles. The van der Waals surface area contributed by atoms with Crippen LogP contribution in [0.15, 0.2) is 63.8 Å². The number of anilines is 2. The number of carbonyl (C=O) groups is 2. The Morgan fingerprint density at radius 1 is 1.16 bits per heavy atom. The Bertz CT molecular complexity index is 1230. The van der Waals surface area contributed by atoms with Gasteiger partial charge in [-0.15, -0.1) is 22.0 Å². The first-order valence-electron chi connectivity index (χ1n) is 9.36. The molecule has 0 saturated carbocycles. The summed E-state index contributed by atoms with van der Waals surface area (Å²) in [5, 5.41) is 11.4. The molecule has 2 aromatic carbocycles. The molecule has 1 fully saturated rings. The smallest absolute Gasteiger partial charge is 0.240 e. The summed E-state index contributed by atoms with van der Waals surface area (Å²) in [5.41, 5.74) is 1.53. The third-order valence-electron chi connectivity index (χ3n) is 4.45. The lowest BCUT2D eigenvalue weighted by Gasteiger charge is -2.20. The molecule has 0 bridgehead atoms. The topological polar surface area (TPSA) is 109 Å². The Labute approximate surface area is 197 Å². The van der Waals surface area contributed by atoms with E-state index in [0.29, 0.717) is 20.9 Å². The molecule has 1 unspecified atom stereocenters. The van der Waals surface area contributed by atoms with Gasteiger partial charge in [-0.3, -0.25) is 14.5 Å². The minimum Gasteiger partial charge on any atom is -0.325 e. The molecule has 1 atom stereocenters. The maximum Gasteiger partial charge on any atom is 0.240 e. The number of aromatic nitrogens is 2. The van der Waals surface area contributed by atoms with Crippen LogP contribution in [0.4, 0.5) is 10.8 Å². The minimum absolute atomic E-state index is 0.0214. The van der Waals surface area contributed by atoms with Crippen molar-refractivity contribution < 1.29 is 18.0 Å². The average Bonchev–Trinajstić information content (AvgIpc) is 3.39. The highest BCUT2D eigenvalue weighted by Crippen LogP contribution is 2.43. The SMILES string of the molecule is CS(=O)(=O)c1ccc(NC(=O)CSc2nnc(N3C(=O)CSC3c3ccccc3)s2)cc1. The zero-order valence-corrected chi connectivity index (χ0v) is 20.1. The van der Waals surface area contributed by atoms with E-state index in [0.717, 1.165) is 11.8 Å². The van der Waals surface area contributed by atoms with Crippen LogP contribution in [0.25, 0.3) is 0 Å². The molecule has 1 aromatic heterocycles. The molecule has 3 aromatic rings. The van der Waals surface area contributed by atoms with Crippen molar-refractivity contribution in [1.82, 2.24) is 10.2 Å². The summed E-state index contributed by atoms with van der Waals surface area (Å²) in [7, 11) is -3.28. The second-order valence-electron chi connectivity index (χ2n) is 6.82. The van der Waals surface area contributed by atoms with Crippen LogP contribution in [-0.4, -0.2) is 48.2 Å². The van der Waals surface area contributed by atoms with Crippen molar-refractivity contribution >= 4 is 67.3 Å². The number of sulfone groups is 1. The van der Waals surface area contributed by atoms with E-state index in [4.69, 9.17) is 0 Å². The van der Waals surface area contributed by atoms with Crippen LogP contribution in [0.3, 0.4) is 0 Å². The van der Waals surface area contributed by atoms with Crippen molar-refractivity contribution in [3.63, 3.8) is 0 Å². The Balaban J connectivity index is 1.37. The second kappa shape index (κ2) is 9.61. The Morgan fingerprint density at radius 3 is 2.56 bits per heavy atom. The van der Waals surface area contributed by atoms with Gasteiger partial charge in [0.2, 0.25) is 16.9 Å². The molecule has 1 aliphatic heterocycles. The van der Waals surface area contributed by atoms with Crippen molar-refractivity contribution in [3.05, 3.63) is 60.2 Å². The van der Waals surface area contributed by atoms with Crippen LogP contribution < -0.4 is 10.2 Å². The third-order valence-corrected chi connectivity index (χ3v) is 8.84. The number of rotatable bonds is 7. The number of carbonyl (C=O) groups excluding carboxylic acids is 2. The van der Waals surface area contributed by atoms with Gasteiger partial charge in [-0.1, -0.05) is 53.4 Å². The molecular formula is C20H18N4O4S4. The molecule has 1 aliphatic rings. The monoisotopic (exact) mass is 506 g/mol. The molecule has 0 spiro atoms. The standard InChI is InChI=1S/C20H18N4O4S4/c1-32(27,28)15-9-7-14(8-10-15)21-16(25)11-30-20-23-22-19(31-20)24-17(26)12-29-18(24)13-5-3-2-4-6-13/h2-10,18H,11-12H2,1H3,(H,21,25). The van der Waals surface area contributed by atoms with E-state index in [2.05, 4.69) is 15.5 Å². The summed E-state index contributed by atoms with van der Waals surface area (Å²) in [5.74, 6) is 0.204. The van der Waals surface area contributed by atoms with Gasteiger partial charge in [-0.05, 0) is 29.8 Å². The average molecular weight is 507 g/mol. The predicted octanol–water partition coefficient (Wildman–Crippen LogP) is 3.45. The lowest BCUT2D eigenvalue weighted by atomic mass is 10.2. The minimum atomic E-state index is -3.28. The fourth-order valence-corrected chi connectivity index (χ4v) is 6.50. The highest BCUT2D eigenvalue weighted by atomic mass is 32.2. The van der Waals surface area contributed by atoms with Crippen LogP contribution in [0, 0.1) is 0 Å². The summed E-state index contributed by atoms with van der Waals surface area (Å²) >= 11 is 4.04. The molecule has 12 heteroatoms. The van der Waals surface area contributed by atoms with Crippen molar-refractivity contribution in [2.75, 3.05) is 28.0 Å². The molecule has 166 valence electrons. The number of nitrogens with one attached hydrogen (secondary N) is 1. The first-order chi connectivity index (χ1) is 15.3. The molecule has 4 rings (SSSR count). The van der Waals surface area contributed by atoms with Gasteiger partial charge in [0.1, 0.15) is 5.37 Å². The number of amides is 2. The Kier molecular flexibility index (Phi) is 6.84. The lowest BCUT2D eigenvalue weighted by Crippen LogP contribution is -2.27. The van der Waals surface area contributed by atoms with Gasteiger partial charge in [0.25, 0.3) is 0 Å². The summed E-state index contributed by atoms with van der Waals surface area (Å²) in [4.78, 5) is 26.6. The Hall–Kier alpha value is -2.41. The molecule has 8 nitrogen and oxygen atoms in total. The van der Waals surface area contributed by atoms with E-state index >= 15 is 0 Å². The van der Waals surface area contributed by atoms with E-state index in [-0.39, 0.29) is 27.8 Å². The highest BCUT2D eigenvalue weighted by molar-refractivity contribution is 8.01. The number of nitrogens with zero attached hydrogens (tertiary/aromatic N) is 3. The van der Waals surface area contributed by atoms with Crippen molar-refractivity contribution in [2.24, 2.45) is 0 Å². The number of hydrogen-bond donors (Lipinski definition) is 1. The maximum atomic E-state index is 12.5. The molecule has 1 N–H and O–H groups in total. The molecule has 0 aliphatic carbocycles. The fourth-order valence-electron chi connectivity index (χ4n) is 2.96. The van der Waals surface area contributed by atoms with Crippen molar-refractivity contribution in [1.29, 1.82) is 0 Å². The van der Waals surface area contributed by atoms with Crippen LogP contribution in [0.5, 0.6) is 0 Å². The molecule has 32 heavy (non-hydrogen) atoms. The molecule has 2 amide bonds. The lowest BCUT2D eigenvalue weighted by molar-refractivity contribution is -0.116. The first-order valence-corrected chi connectivity index (χ1v) is 14.1. The first kappa shape index (κ1) is 22.8. The molecular weight excluding hydrogens is 489 g/mol. The summed E-state index contributed by atoms with van der Waals surface area (Å²) in [6.07, 6.45) is 1.13. The zero-order valence-electron chi connectivity index (χ0n) is 16.8. The van der Waals surface area contributed by atoms with Crippen LogP contribution in [-0.2, 0) is 19.4 Å². The van der Waals surface area contributed by atoms with Gasteiger partial charge < -0.3 is 5.32 Å². The number of thioether (sulfide) groups is 2. The van der Waals surface area contributed by atoms with Crippen LogP contribution in [0.1, 0.15) is 10.9 Å². The largest absolute Gasteiger partial charge is 0.325 e. The summed E-state index contributed by atoms with van der Waals surface area (Å²) in [6.45, 7) is 0. The van der Waals surface area contributed by atoms with Gasteiger partial charge in [0, 0.05) is 11.9 Å². The van der Waals surface area contributed by atoms with Crippen molar-refractivity contribution in [3.8, 4) is 0 Å². The third kappa shape index (κ3) is 5.31. The van der Waals surface area contributed by atoms with E-state index < -0.39 is 9.84 Å². The molecule has 0 radical (unpaired) electrons. The van der Waals surface area contributed by atoms with E-state index in [1.807, 2.05) is 30.3 Å². The van der Waals surface area contributed by atoms with E-state index in [1.165, 1.54) is 35.2 Å². The number of benzene rings is 2. The zero-order chi connectivity index (χ0) is 22.7. The van der Waals surface area contributed by atoms with Crippen molar-refractivity contribution in [2.45, 2.75) is 14.6 Å². The molecule has 2 heterocycles. The van der Waals surface area contributed by atoms with Gasteiger partial charge in [-0.25, -0.2) is 8.42 Å². The fraction of sp³-hybridized carbons (Fsp3) is 0.200. The maximum absolute atomic E-state index is 12.5. The van der Waals surface area contributed by atoms with Gasteiger partial charge in [0.05, 0.1) is 16.4 Å². The summed E-state index contributed by atoms with van der Waals surface area (Å²) < 4.78 is 23.6.